The predicted molar refractivity (Wildman–Crippen MR) is 59.5 cm³/mol. The maximum Gasteiger partial charge on any atom is 0.632 e. The van der Waals surface area contributed by atoms with Crippen LogP contribution in [0, 0.1) is 5.82 Å². The molecule has 16 heavy (non-hydrogen) atoms. The fourth-order valence-corrected chi connectivity index (χ4v) is 1.69. The molecule has 78 valence electrons. The van der Waals surface area contributed by atoms with E-state index in [1.54, 1.807) is 12.1 Å². The molecule has 3 rings (SSSR count). The molecule has 4 heteroatoms. The molecule has 1 aliphatic rings. The molecule has 2 nitrogen and oxygen atoms in total. The van der Waals surface area contributed by atoms with Crippen LogP contribution in [-0.4, -0.2) is 7.12 Å². The number of para-hydroxylation sites is 2. The van der Waals surface area contributed by atoms with Crippen molar-refractivity contribution in [3.8, 4) is 11.5 Å². The lowest BCUT2D eigenvalue weighted by Gasteiger charge is -2.04. The normalized spacial score (nSPS) is 12.9. The number of fused-ring (bicyclic) bond motifs is 1. The Hall–Kier alpha value is -1.97. The number of hydrogen-bond acceptors (Lipinski definition) is 2. The standard InChI is InChI=1S/C12H8BFO2/c14-10-5-3-4-9(8-10)13-15-11-6-1-2-7-12(11)16-13/h1-8H. The summed E-state index contributed by atoms with van der Waals surface area (Å²) >= 11 is 0. The summed E-state index contributed by atoms with van der Waals surface area (Å²) in [6.07, 6.45) is 0. The Bertz CT molecular complexity index is 505. The summed E-state index contributed by atoms with van der Waals surface area (Å²) < 4.78 is 24.2. The van der Waals surface area contributed by atoms with E-state index in [-0.39, 0.29) is 5.82 Å². The lowest BCUT2D eigenvalue weighted by molar-refractivity contribution is 0.518. The monoisotopic (exact) mass is 214 g/mol. The quantitative estimate of drug-likeness (QED) is 0.675. The van der Waals surface area contributed by atoms with Gasteiger partial charge in [0.25, 0.3) is 0 Å². The molecule has 0 aromatic heterocycles. The molecule has 0 fully saturated rings. The van der Waals surface area contributed by atoms with E-state index >= 15 is 0 Å². The smallest absolute Gasteiger partial charge is 0.519 e. The van der Waals surface area contributed by atoms with Gasteiger partial charge in [-0.25, -0.2) is 4.39 Å². The Labute approximate surface area is 92.8 Å². The summed E-state index contributed by atoms with van der Waals surface area (Å²) in [4.78, 5) is 0. The van der Waals surface area contributed by atoms with Crippen molar-refractivity contribution in [1.82, 2.24) is 0 Å². The molecule has 0 saturated carbocycles. The zero-order valence-electron chi connectivity index (χ0n) is 8.39. The lowest BCUT2D eigenvalue weighted by Crippen LogP contribution is -2.39. The Morgan fingerprint density at radius 3 is 2.19 bits per heavy atom. The van der Waals surface area contributed by atoms with Gasteiger partial charge in [0.05, 0.1) is 0 Å². The van der Waals surface area contributed by atoms with Crippen LogP contribution in [0.2, 0.25) is 0 Å². The van der Waals surface area contributed by atoms with Gasteiger partial charge in [-0.3, -0.25) is 0 Å². The highest BCUT2D eigenvalue weighted by atomic mass is 19.1. The molecule has 2 aromatic rings. The van der Waals surface area contributed by atoms with Crippen LogP contribution in [0.25, 0.3) is 0 Å². The van der Waals surface area contributed by atoms with E-state index in [0.29, 0.717) is 17.0 Å². The van der Waals surface area contributed by atoms with Crippen LogP contribution in [0.15, 0.2) is 48.5 Å². The van der Waals surface area contributed by atoms with Crippen molar-refractivity contribution in [1.29, 1.82) is 0 Å². The minimum Gasteiger partial charge on any atom is -0.519 e. The summed E-state index contributed by atoms with van der Waals surface area (Å²) in [5, 5.41) is 0. The van der Waals surface area contributed by atoms with Gasteiger partial charge in [0, 0.05) is 5.46 Å². The number of rotatable bonds is 1. The number of benzene rings is 2. The third-order valence-corrected chi connectivity index (χ3v) is 2.44. The molecule has 0 atom stereocenters. The van der Waals surface area contributed by atoms with Crippen molar-refractivity contribution >= 4 is 12.6 Å². The van der Waals surface area contributed by atoms with Crippen LogP contribution < -0.4 is 14.8 Å². The van der Waals surface area contributed by atoms with Gasteiger partial charge < -0.3 is 9.31 Å². The average Bonchev–Trinajstić information content (AvgIpc) is 2.72. The molecule has 0 N–H and O–H groups in total. The van der Waals surface area contributed by atoms with Crippen LogP contribution in [0.3, 0.4) is 0 Å². The van der Waals surface area contributed by atoms with Crippen LogP contribution in [0.4, 0.5) is 4.39 Å². The first-order valence-electron chi connectivity index (χ1n) is 5.01. The second kappa shape index (κ2) is 3.56. The van der Waals surface area contributed by atoms with E-state index in [2.05, 4.69) is 0 Å². The minimum atomic E-state index is -0.548. The second-order valence-electron chi connectivity index (χ2n) is 3.57. The SMILES string of the molecule is Fc1cccc(B2Oc3ccccc3O2)c1. The van der Waals surface area contributed by atoms with Crippen LogP contribution >= 0.6 is 0 Å². The van der Waals surface area contributed by atoms with Crippen LogP contribution in [-0.2, 0) is 0 Å². The predicted octanol–water partition coefficient (Wildman–Crippen LogP) is 1.99. The van der Waals surface area contributed by atoms with Crippen molar-refractivity contribution in [3.05, 3.63) is 54.3 Å². The third kappa shape index (κ3) is 1.52. The molecule has 0 bridgehead atoms. The molecule has 0 radical (unpaired) electrons. The highest BCUT2D eigenvalue weighted by Gasteiger charge is 2.33. The van der Waals surface area contributed by atoms with E-state index in [1.807, 2.05) is 24.3 Å². The van der Waals surface area contributed by atoms with Gasteiger partial charge in [0.2, 0.25) is 0 Å². The highest BCUT2D eigenvalue weighted by molar-refractivity contribution is 6.63. The number of halogens is 1. The topological polar surface area (TPSA) is 18.5 Å². The largest absolute Gasteiger partial charge is 0.632 e. The molecule has 0 saturated heterocycles. The molecule has 1 heterocycles. The Balaban J connectivity index is 1.91. The van der Waals surface area contributed by atoms with Gasteiger partial charge in [-0.1, -0.05) is 24.3 Å². The molecule has 0 amide bonds. The first-order valence-corrected chi connectivity index (χ1v) is 5.01. The van der Waals surface area contributed by atoms with Crippen molar-refractivity contribution in [2.24, 2.45) is 0 Å². The third-order valence-electron chi connectivity index (χ3n) is 2.44. The minimum absolute atomic E-state index is 0.291. The second-order valence-corrected chi connectivity index (χ2v) is 3.57. The summed E-state index contributed by atoms with van der Waals surface area (Å²) in [6.45, 7) is 0. The molecule has 0 unspecified atom stereocenters. The lowest BCUT2D eigenvalue weighted by atomic mass is 9.79. The molecule has 0 spiro atoms. The zero-order valence-corrected chi connectivity index (χ0v) is 8.39. The number of hydrogen-bond donors (Lipinski definition) is 0. The van der Waals surface area contributed by atoms with Gasteiger partial charge >= 0.3 is 7.12 Å². The maximum absolute atomic E-state index is 13.0. The van der Waals surface area contributed by atoms with Crippen molar-refractivity contribution in [2.45, 2.75) is 0 Å². The Morgan fingerprint density at radius 1 is 0.875 bits per heavy atom. The highest BCUT2D eigenvalue weighted by Crippen LogP contribution is 2.32. The Kier molecular flexibility index (Phi) is 2.06. The van der Waals surface area contributed by atoms with E-state index in [0.717, 1.165) is 0 Å². The van der Waals surface area contributed by atoms with E-state index in [4.69, 9.17) is 9.31 Å². The fraction of sp³-hybridized carbons (Fsp3) is 0. The summed E-state index contributed by atoms with van der Waals surface area (Å²) in [7, 11) is -0.548. The molecular formula is C12H8BFO2. The first-order chi connectivity index (χ1) is 7.83. The van der Waals surface area contributed by atoms with Crippen molar-refractivity contribution in [2.75, 3.05) is 0 Å². The summed E-state index contributed by atoms with van der Waals surface area (Å²) in [5.74, 6) is 1.09. The fourth-order valence-electron chi connectivity index (χ4n) is 1.69. The molecule has 2 aromatic carbocycles. The van der Waals surface area contributed by atoms with Gasteiger partial charge in [-0.15, -0.1) is 0 Å². The van der Waals surface area contributed by atoms with E-state index in [9.17, 15) is 4.39 Å². The van der Waals surface area contributed by atoms with Crippen LogP contribution in [0.5, 0.6) is 11.5 Å². The Morgan fingerprint density at radius 2 is 1.56 bits per heavy atom. The van der Waals surface area contributed by atoms with Gasteiger partial charge in [0.15, 0.2) is 0 Å². The molecule has 1 aliphatic heterocycles. The molecular weight excluding hydrogens is 206 g/mol. The summed E-state index contributed by atoms with van der Waals surface area (Å²) in [5.41, 5.74) is 0.677. The molecule has 0 aliphatic carbocycles. The van der Waals surface area contributed by atoms with Gasteiger partial charge in [0.1, 0.15) is 17.3 Å². The first kappa shape index (κ1) is 9.27. The summed E-state index contributed by atoms with van der Waals surface area (Å²) in [6, 6.07) is 13.6. The van der Waals surface area contributed by atoms with Gasteiger partial charge in [-0.05, 0) is 24.3 Å². The van der Waals surface area contributed by atoms with E-state index in [1.165, 1.54) is 12.1 Å². The van der Waals surface area contributed by atoms with Crippen molar-refractivity contribution in [3.63, 3.8) is 0 Å². The van der Waals surface area contributed by atoms with Crippen molar-refractivity contribution < 1.29 is 13.7 Å². The zero-order chi connectivity index (χ0) is 11.0. The van der Waals surface area contributed by atoms with E-state index < -0.39 is 7.12 Å². The maximum atomic E-state index is 13.0. The van der Waals surface area contributed by atoms with Gasteiger partial charge in [-0.2, -0.15) is 0 Å². The van der Waals surface area contributed by atoms with Crippen LogP contribution in [0.1, 0.15) is 0 Å². The average molecular weight is 214 g/mol.